The van der Waals surface area contributed by atoms with Crippen molar-refractivity contribution in [1.82, 2.24) is 4.72 Å². The zero-order valence-corrected chi connectivity index (χ0v) is 13.0. The van der Waals surface area contributed by atoms with E-state index in [9.17, 15) is 8.42 Å². The Morgan fingerprint density at radius 2 is 1.90 bits per heavy atom. The summed E-state index contributed by atoms with van der Waals surface area (Å²) in [7, 11) is -3.68. The lowest BCUT2D eigenvalue weighted by molar-refractivity contribution is 0.281. The Kier molecular flexibility index (Phi) is 5.00. The van der Waals surface area contributed by atoms with Crippen LogP contribution in [0.5, 0.6) is 0 Å². The summed E-state index contributed by atoms with van der Waals surface area (Å²) in [5.74, 6) is 0. The number of sulfonamides is 1. The molecule has 112 valence electrons. The summed E-state index contributed by atoms with van der Waals surface area (Å²) in [6.45, 7) is 1.53. The number of aliphatic hydroxyl groups excluding tert-OH is 1. The predicted molar refractivity (Wildman–Crippen MR) is 82.6 cm³/mol. The Hall–Kier alpha value is -1.40. The number of halogens is 1. The van der Waals surface area contributed by atoms with Crippen molar-refractivity contribution in [3.8, 4) is 0 Å². The third kappa shape index (κ3) is 3.83. The average Bonchev–Trinajstić information content (AvgIpc) is 2.47. The fourth-order valence-corrected chi connectivity index (χ4v) is 3.59. The molecular weight excluding hydrogens is 310 g/mol. The number of aliphatic hydroxyl groups is 1. The summed E-state index contributed by atoms with van der Waals surface area (Å²) in [5.41, 5.74) is 1.25. The topological polar surface area (TPSA) is 66.4 Å². The van der Waals surface area contributed by atoms with Gasteiger partial charge >= 0.3 is 0 Å². The smallest absolute Gasteiger partial charge is 0.241 e. The molecule has 2 N–H and O–H groups in total. The minimum atomic E-state index is -3.68. The van der Waals surface area contributed by atoms with E-state index in [1.54, 1.807) is 43.3 Å². The fourth-order valence-electron chi connectivity index (χ4n) is 2.00. The lowest BCUT2D eigenvalue weighted by Crippen LogP contribution is -2.27. The minimum Gasteiger partial charge on any atom is -0.392 e. The van der Waals surface area contributed by atoms with E-state index in [1.807, 2.05) is 0 Å². The first-order valence-electron chi connectivity index (χ1n) is 6.40. The number of benzene rings is 2. The molecule has 0 saturated heterocycles. The maximum atomic E-state index is 12.4. The molecule has 0 heterocycles. The van der Waals surface area contributed by atoms with Crippen molar-refractivity contribution in [2.45, 2.75) is 24.5 Å². The van der Waals surface area contributed by atoms with Gasteiger partial charge in [0.2, 0.25) is 10.0 Å². The van der Waals surface area contributed by atoms with Crippen LogP contribution in [0.3, 0.4) is 0 Å². The summed E-state index contributed by atoms with van der Waals surface area (Å²) in [4.78, 5) is 0.118. The predicted octanol–water partition coefficient (Wildman–Crippen LogP) is 2.87. The van der Waals surface area contributed by atoms with E-state index in [0.717, 1.165) is 0 Å². The van der Waals surface area contributed by atoms with Crippen molar-refractivity contribution in [2.75, 3.05) is 0 Å². The van der Waals surface area contributed by atoms with Crippen LogP contribution in [0.15, 0.2) is 53.4 Å². The van der Waals surface area contributed by atoms with Gasteiger partial charge in [-0.05, 0) is 36.2 Å². The lowest BCUT2D eigenvalue weighted by Gasteiger charge is -2.16. The van der Waals surface area contributed by atoms with Gasteiger partial charge in [-0.2, -0.15) is 0 Å². The fraction of sp³-hybridized carbons (Fsp3) is 0.200. The Morgan fingerprint density at radius 3 is 2.57 bits per heavy atom. The summed E-state index contributed by atoms with van der Waals surface area (Å²) in [5, 5.41) is 9.60. The molecule has 0 aliphatic rings. The molecule has 2 aromatic rings. The van der Waals surface area contributed by atoms with Gasteiger partial charge in [0.1, 0.15) is 0 Å². The zero-order valence-electron chi connectivity index (χ0n) is 11.5. The standard InChI is InChI=1S/C15H16ClNO3S/c1-11(14-7-2-3-8-15(14)16)17-21(19,20)13-6-4-5-12(9-13)10-18/h2-9,11,17-18H,10H2,1H3. The second-order valence-corrected chi connectivity index (χ2v) is 6.79. The van der Waals surface area contributed by atoms with E-state index in [1.165, 1.54) is 12.1 Å². The zero-order chi connectivity index (χ0) is 15.5. The molecule has 21 heavy (non-hydrogen) atoms. The van der Waals surface area contributed by atoms with Crippen LogP contribution >= 0.6 is 11.6 Å². The van der Waals surface area contributed by atoms with E-state index < -0.39 is 16.1 Å². The van der Waals surface area contributed by atoms with E-state index in [0.29, 0.717) is 16.1 Å². The molecule has 0 aromatic heterocycles. The molecule has 4 nitrogen and oxygen atoms in total. The van der Waals surface area contributed by atoms with Gasteiger partial charge in [-0.3, -0.25) is 0 Å². The van der Waals surface area contributed by atoms with Crippen molar-refractivity contribution >= 4 is 21.6 Å². The number of nitrogens with one attached hydrogen (secondary N) is 1. The third-order valence-electron chi connectivity index (χ3n) is 3.09. The molecule has 0 bridgehead atoms. The van der Waals surface area contributed by atoms with E-state index in [4.69, 9.17) is 16.7 Å². The SMILES string of the molecule is CC(NS(=O)(=O)c1cccc(CO)c1)c1ccccc1Cl. The molecule has 1 atom stereocenters. The van der Waals surface area contributed by atoms with Gasteiger partial charge in [0.25, 0.3) is 0 Å². The van der Waals surface area contributed by atoms with E-state index in [-0.39, 0.29) is 11.5 Å². The van der Waals surface area contributed by atoms with Crippen molar-refractivity contribution in [3.05, 3.63) is 64.7 Å². The molecule has 6 heteroatoms. The number of hydrogen-bond donors (Lipinski definition) is 2. The highest BCUT2D eigenvalue weighted by Gasteiger charge is 2.19. The van der Waals surface area contributed by atoms with E-state index in [2.05, 4.69) is 4.72 Å². The normalized spacial score (nSPS) is 13.1. The number of hydrogen-bond acceptors (Lipinski definition) is 3. The first-order chi connectivity index (χ1) is 9.94. The quantitative estimate of drug-likeness (QED) is 0.888. The minimum absolute atomic E-state index is 0.118. The molecule has 0 saturated carbocycles. The van der Waals surface area contributed by atoms with Crippen LogP contribution in [0.1, 0.15) is 24.1 Å². The number of rotatable bonds is 5. The molecule has 0 aliphatic heterocycles. The Balaban J connectivity index is 2.27. The molecule has 2 rings (SSSR count). The van der Waals surface area contributed by atoms with Gasteiger partial charge in [0.05, 0.1) is 11.5 Å². The largest absolute Gasteiger partial charge is 0.392 e. The van der Waals surface area contributed by atoms with Gasteiger partial charge in [0, 0.05) is 11.1 Å². The molecule has 0 spiro atoms. The second kappa shape index (κ2) is 6.58. The van der Waals surface area contributed by atoms with Crippen LogP contribution in [-0.2, 0) is 16.6 Å². The molecular formula is C15H16ClNO3S. The highest BCUT2D eigenvalue weighted by molar-refractivity contribution is 7.89. The van der Waals surface area contributed by atoms with Crippen LogP contribution in [-0.4, -0.2) is 13.5 Å². The van der Waals surface area contributed by atoms with Crippen LogP contribution in [0.4, 0.5) is 0 Å². The van der Waals surface area contributed by atoms with Crippen LogP contribution in [0.25, 0.3) is 0 Å². The highest BCUT2D eigenvalue weighted by atomic mass is 35.5. The van der Waals surface area contributed by atoms with Gasteiger partial charge < -0.3 is 5.11 Å². The van der Waals surface area contributed by atoms with Gasteiger partial charge in [-0.25, -0.2) is 13.1 Å². The first kappa shape index (κ1) is 16.0. The lowest BCUT2D eigenvalue weighted by atomic mass is 10.1. The molecule has 0 amide bonds. The third-order valence-corrected chi connectivity index (χ3v) is 4.98. The monoisotopic (exact) mass is 325 g/mol. The maximum absolute atomic E-state index is 12.4. The van der Waals surface area contributed by atoms with E-state index >= 15 is 0 Å². The van der Waals surface area contributed by atoms with Crippen molar-refractivity contribution in [3.63, 3.8) is 0 Å². The Bertz CT molecular complexity index is 731. The molecule has 0 radical (unpaired) electrons. The molecule has 2 aromatic carbocycles. The van der Waals surface area contributed by atoms with Crippen molar-refractivity contribution < 1.29 is 13.5 Å². The molecule has 0 aliphatic carbocycles. The van der Waals surface area contributed by atoms with Gasteiger partial charge in [-0.1, -0.05) is 41.9 Å². The second-order valence-electron chi connectivity index (χ2n) is 4.67. The molecule has 0 fully saturated rings. The first-order valence-corrected chi connectivity index (χ1v) is 8.26. The summed E-state index contributed by atoms with van der Waals surface area (Å²) in [6.07, 6.45) is 0. The van der Waals surface area contributed by atoms with Gasteiger partial charge in [-0.15, -0.1) is 0 Å². The van der Waals surface area contributed by atoms with Crippen LogP contribution in [0.2, 0.25) is 5.02 Å². The van der Waals surface area contributed by atoms with Crippen LogP contribution in [0, 0.1) is 0 Å². The van der Waals surface area contributed by atoms with Crippen LogP contribution < -0.4 is 4.72 Å². The van der Waals surface area contributed by atoms with Gasteiger partial charge in [0.15, 0.2) is 0 Å². The maximum Gasteiger partial charge on any atom is 0.241 e. The molecule has 1 unspecified atom stereocenters. The highest BCUT2D eigenvalue weighted by Crippen LogP contribution is 2.24. The summed E-state index contributed by atoms with van der Waals surface area (Å²) in [6, 6.07) is 12.8. The average molecular weight is 326 g/mol. The summed E-state index contributed by atoms with van der Waals surface area (Å²) < 4.78 is 27.3. The Morgan fingerprint density at radius 1 is 1.19 bits per heavy atom. The Labute approximate surface area is 129 Å². The summed E-state index contributed by atoms with van der Waals surface area (Å²) >= 11 is 6.07. The van der Waals surface area contributed by atoms with Crippen molar-refractivity contribution in [2.24, 2.45) is 0 Å². The van der Waals surface area contributed by atoms with Crippen molar-refractivity contribution in [1.29, 1.82) is 0 Å².